The molecule has 2 aromatic rings. The Kier molecular flexibility index (Phi) is 23.7. The Morgan fingerprint density at radius 1 is 0.591 bits per heavy atom. The van der Waals surface area contributed by atoms with Crippen LogP contribution in [0.5, 0.6) is 5.75 Å². The summed E-state index contributed by atoms with van der Waals surface area (Å²) in [5.41, 5.74) is 23.7. The SMILES string of the molecule is CC(=O)Oc1ccc(C[C@@H](N)C(=O)N[C@H](C)C(=O)NCC(=O)N[C@@H](Cc2ccccc2)C(=O)N[C@@H](CC(C)C)C(=O)N[C@@H](CCCNC(=N)N)C(=O)N[C@@H](CCCNC(=N)N)C(N)=O)cc1. The van der Waals surface area contributed by atoms with Crippen molar-refractivity contribution in [1.29, 1.82) is 10.8 Å². The Balaban J connectivity index is 2.17. The van der Waals surface area contributed by atoms with Crippen molar-refractivity contribution in [3.8, 4) is 5.75 Å². The van der Waals surface area contributed by atoms with Gasteiger partial charge in [-0.25, -0.2) is 0 Å². The van der Waals surface area contributed by atoms with Gasteiger partial charge in [0.15, 0.2) is 11.9 Å². The molecule has 0 aromatic heterocycles. The molecule has 0 spiro atoms. The van der Waals surface area contributed by atoms with Crippen LogP contribution in [0.4, 0.5) is 0 Å². The minimum Gasteiger partial charge on any atom is -0.427 e. The lowest BCUT2D eigenvalue weighted by Crippen LogP contribution is -2.59. The van der Waals surface area contributed by atoms with Gasteiger partial charge in [-0.3, -0.25) is 49.2 Å². The fourth-order valence-electron chi connectivity index (χ4n) is 6.35. The van der Waals surface area contributed by atoms with E-state index in [-0.39, 0.29) is 69.5 Å². The van der Waals surface area contributed by atoms with Gasteiger partial charge in [-0.15, -0.1) is 0 Å². The molecule has 7 amide bonds. The van der Waals surface area contributed by atoms with E-state index in [0.717, 1.165) is 0 Å². The summed E-state index contributed by atoms with van der Waals surface area (Å²) >= 11 is 0. The third kappa shape index (κ3) is 21.9. The quantitative estimate of drug-likeness (QED) is 0.0136. The number of amides is 7. The van der Waals surface area contributed by atoms with Crippen LogP contribution in [0, 0.1) is 16.7 Å². The van der Waals surface area contributed by atoms with Gasteiger partial charge in [-0.1, -0.05) is 56.3 Å². The average Bonchev–Trinajstić information content (AvgIpc) is 3.24. The first-order chi connectivity index (χ1) is 31.1. The maximum atomic E-state index is 14.0. The van der Waals surface area contributed by atoms with Crippen molar-refractivity contribution >= 4 is 59.2 Å². The van der Waals surface area contributed by atoms with Gasteiger partial charge in [0.2, 0.25) is 41.4 Å². The summed E-state index contributed by atoms with van der Waals surface area (Å²) in [5.74, 6) is -6.00. The molecule has 0 aliphatic rings. The number of carbonyl (C=O) groups excluding carboxylic acids is 8. The number of rotatable bonds is 28. The minimum absolute atomic E-state index is 0.0101. The molecule has 0 radical (unpaired) electrons. The number of hydrogen-bond acceptors (Lipinski definition) is 12. The largest absolute Gasteiger partial charge is 0.427 e. The van der Waals surface area contributed by atoms with Gasteiger partial charge in [-0.05, 0) is 74.6 Å². The van der Waals surface area contributed by atoms with Gasteiger partial charge in [0.25, 0.3) is 0 Å². The second kappa shape index (κ2) is 28.5. The molecule has 0 unspecified atom stereocenters. The van der Waals surface area contributed by atoms with Crippen LogP contribution in [0.15, 0.2) is 54.6 Å². The van der Waals surface area contributed by atoms with Gasteiger partial charge < -0.3 is 70.2 Å². The molecule has 0 saturated heterocycles. The second-order valence-electron chi connectivity index (χ2n) is 16.0. The third-order valence-corrected chi connectivity index (χ3v) is 9.69. The predicted molar refractivity (Wildman–Crippen MR) is 245 cm³/mol. The zero-order valence-corrected chi connectivity index (χ0v) is 37.8. The van der Waals surface area contributed by atoms with E-state index >= 15 is 0 Å². The maximum absolute atomic E-state index is 14.0. The minimum atomic E-state index is -1.25. The number of guanidine groups is 2. The van der Waals surface area contributed by atoms with Crippen LogP contribution in [0.2, 0.25) is 0 Å². The number of carbonyl (C=O) groups is 8. The molecular formula is C43H66N14O9. The highest BCUT2D eigenvalue weighted by Crippen LogP contribution is 2.14. The number of nitrogens with two attached hydrogens (primary N) is 4. The van der Waals surface area contributed by atoms with E-state index in [4.69, 9.17) is 38.5 Å². The predicted octanol–water partition coefficient (Wildman–Crippen LogP) is -2.66. The maximum Gasteiger partial charge on any atom is 0.308 e. The van der Waals surface area contributed by atoms with E-state index < -0.39 is 90.1 Å². The van der Waals surface area contributed by atoms with Crippen molar-refractivity contribution in [2.45, 2.75) is 109 Å². The number of esters is 1. The Hall–Kier alpha value is -7.30. The van der Waals surface area contributed by atoms with Crippen LogP contribution < -0.4 is 70.2 Å². The van der Waals surface area contributed by atoms with Crippen molar-refractivity contribution in [3.05, 3.63) is 65.7 Å². The number of benzene rings is 2. The molecule has 0 aliphatic carbocycles. The van der Waals surface area contributed by atoms with Crippen molar-refractivity contribution < 1.29 is 43.1 Å². The molecular weight excluding hydrogens is 857 g/mol. The molecule has 23 nitrogen and oxygen atoms in total. The molecule has 2 aromatic carbocycles. The third-order valence-electron chi connectivity index (χ3n) is 9.69. The fraction of sp³-hybridized carbons (Fsp3) is 0.488. The highest BCUT2D eigenvalue weighted by molar-refractivity contribution is 5.96. The summed E-state index contributed by atoms with van der Waals surface area (Å²) in [5, 5.41) is 35.5. The zero-order chi connectivity index (χ0) is 49.3. The van der Waals surface area contributed by atoms with Crippen LogP contribution in [0.1, 0.15) is 70.9 Å². The van der Waals surface area contributed by atoms with Gasteiger partial charge >= 0.3 is 5.97 Å². The van der Waals surface area contributed by atoms with Crippen LogP contribution in [-0.2, 0) is 51.2 Å². The Morgan fingerprint density at radius 3 is 1.65 bits per heavy atom. The Bertz CT molecular complexity index is 1980. The van der Waals surface area contributed by atoms with Crippen molar-refractivity contribution in [3.63, 3.8) is 0 Å². The molecule has 23 heteroatoms. The molecule has 0 saturated carbocycles. The number of nitrogens with one attached hydrogen (secondary N) is 10. The lowest BCUT2D eigenvalue weighted by atomic mass is 10.00. The summed E-state index contributed by atoms with van der Waals surface area (Å²) in [6.45, 7) is 6.14. The highest BCUT2D eigenvalue weighted by atomic mass is 16.5. The summed E-state index contributed by atoms with van der Waals surface area (Å²) in [6.07, 6.45) is 0.908. The van der Waals surface area contributed by atoms with Crippen LogP contribution in [-0.4, -0.2) is 115 Å². The standard InChI is InChI=1S/C43H66N14O9/c1-24(2)20-33(40(64)56-32(13-9-19-51-43(48)49)39(63)55-31(36(45)60)12-8-18-50-42(46)47)57-41(65)34(22-27-10-6-5-7-11-27)54-35(59)23-52-37(61)25(3)53-38(62)30(44)21-28-14-16-29(17-15-28)66-26(4)58/h5-7,10-11,14-17,24-25,30-34H,8-9,12-13,18-23,44H2,1-4H3,(H2,45,60)(H,52,61)(H,53,62)(H,54,59)(H,55,63)(H,56,64)(H,57,65)(H4,46,47,50)(H4,48,49,51)/t25-,30-,31+,32+,33+,34+/m1/s1. The van der Waals surface area contributed by atoms with Crippen LogP contribution in [0.25, 0.3) is 0 Å². The summed E-state index contributed by atoms with van der Waals surface area (Å²) in [4.78, 5) is 104. The van der Waals surface area contributed by atoms with Crippen molar-refractivity contribution in [2.75, 3.05) is 19.6 Å². The summed E-state index contributed by atoms with van der Waals surface area (Å²) in [7, 11) is 0. The Morgan fingerprint density at radius 2 is 1.11 bits per heavy atom. The van der Waals surface area contributed by atoms with E-state index in [9.17, 15) is 38.4 Å². The molecule has 0 fully saturated rings. The van der Waals surface area contributed by atoms with Crippen LogP contribution >= 0.6 is 0 Å². The Labute approximate surface area is 383 Å². The lowest BCUT2D eigenvalue weighted by molar-refractivity contribution is -0.135. The molecule has 2 rings (SSSR count). The van der Waals surface area contributed by atoms with E-state index in [1.165, 1.54) is 13.8 Å². The van der Waals surface area contributed by atoms with Gasteiger partial charge in [0.05, 0.1) is 12.6 Å². The first-order valence-corrected chi connectivity index (χ1v) is 21.5. The molecule has 66 heavy (non-hydrogen) atoms. The first kappa shape index (κ1) is 54.8. The molecule has 0 aliphatic heterocycles. The van der Waals surface area contributed by atoms with Crippen molar-refractivity contribution in [2.24, 2.45) is 28.9 Å². The average molecular weight is 923 g/mol. The van der Waals surface area contributed by atoms with Gasteiger partial charge in [0.1, 0.15) is 36.0 Å². The topological polar surface area (TPSA) is 394 Å². The van der Waals surface area contributed by atoms with Crippen LogP contribution in [0.3, 0.4) is 0 Å². The van der Waals surface area contributed by atoms with Gasteiger partial charge in [-0.2, -0.15) is 0 Å². The summed E-state index contributed by atoms with van der Waals surface area (Å²) in [6, 6.07) is 8.20. The smallest absolute Gasteiger partial charge is 0.308 e. The van der Waals surface area contributed by atoms with E-state index in [1.807, 2.05) is 13.8 Å². The van der Waals surface area contributed by atoms with E-state index in [0.29, 0.717) is 23.3 Å². The molecule has 18 N–H and O–H groups in total. The van der Waals surface area contributed by atoms with E-state index in [2.05, 4.69) is 42.5 Å². The molecule has 6 atom stereocenters. The monoisotopic (exact) mass is 923 g/mol. The first-order valence-electron chi connectivity index (χ1n) is 21.5. The second-order valence-corrected chi connectivity index (χ2v) is 16.0. The molecule has 0 bridgehead atoms. The van der Waals surface area contributed by atoms with Crippen molar-refractivity contribution in [1.82, 2.24) is 42.5 Å². The normalized spacial score (nSPS) is 13.5. The lowest BCUT2D eigenvalue weighted by Gasteiger charge is -2.27. The molecule has 0 heterocycles. The fourth-order valence-corrected chi connectivity index (χ4v) is 6.35. The number of primary amides is 1. The van der Waals surface area contributed by atoms with Gasteiger partial charge in [0, 0.05) is 26.4 Å². The highest BCUT2D eigenvalue weighted by Gasteiger charge is 2.32. The van der Waals surface area contributed by atoms with E-state index in [1.54, 1.807) is 54.6 Å². The number of hydrogen-bond donors (Lipinski definition) is 14. The number of ether oxygens (including phenoxy) is 1. The molecule has 362 valence electrons. The summed E-state index contributed by atoms with van der Waals surface area (Å²) < 4.78 is 5.01. The zero-order valence-electron chi connectivity index (χ0n) is 37.8.